The highest BCUT2D eigenvalue weighted by molar-refractivity contribution is 9.10. The zero-order chi connectivity index (χ0) is 24.5. The average Bonchev–Trinajstić information content (AvgIpc) is 3.53. The standard InChI is InChI=1S/C21H16BrCl2N9O2/c1-11-17(20(34)35-10-12-5-2-3-6-13(12)22)19(18-14(23)7-4-8-15(18)24)33-21(27-30-31-33)32(11)9-16-25-28-29-26-16/h2-8,19H,9-10H2,1H3,(H,25,26,28,29). The maximum absolute atomic E-state index is 13.6. The van der Waals surface area contributed by atoms with Crippen LogP contribution in [0.15, 0.2) is 58.2 Å². The van der Waals surface area contributed by atoms with Crippen LogP contribution in [0.25, 0.3) is 0 Å². The minimum atomic E-state index is -0.822. The van der Waals surface area contributed by atoms with Gasteiger partial charge in [0.2, 0.25) is 0 Å². The molecule has 1 aliphatic rings. The van der Waals surface area contributed by atoms with E-state index in [4.69, 9.17) is 27.9 Å². The highest BCUT2D eigenvalue weighted by Crippen LogP contribution is 2.43. The number of carbonyl (C=O) groups is 1. The predicted octanol–water partition coefficient (Wildman–Crippen LogP) is 3.88. The number of carbonyl (C=O) groups excluding carboxylic acids is 1. The fourth-order valence-electron chi connectivity index (χ4n) is 3.87. The highest BCUT2D eigenvalue weighted by Gasteiger charge is 2.40. The van der Waals surface area contributed by atoms with E-state index < -0.39 is 12.0 Å². The van der Waals surface area contributed by atoms with Gasteiger partial charge in [0, 0.05) is 31.3 Å². The van der Waals surface area contributed by atoms with Crippen LogP contribution in [0.5, 0.6) is 0 Å². The van der Waals surface area contributed by atoms with Crippen LogP contribution in [0.1, 0.15) is 29.9 Å². The number of halogens is 3. The molecule has 2 aromatic heterocycles. The van der Waals surface area contributed by atoms with Gasteiger partial charge in [-0.1, -0.05) is 68.5 Å². The first kappa shape index (κ1) is 23.4. The molecule has 0 bridgehead atoms. The van der Waals surface area contributed by atoms with Crippen molar-refractivity contribution in [3.8, 4) is 0 Å². The smallest absolute Gasteiger partial charge is 0.338 e. The maximum atomic E-state index is 13.6. The summed E-state index contributed by atoms with van der Waals surface area (Å²) in [6, 6.07) is 11.8. The van der Waals surface area contributed by atoms with Gasteiger partial charge in [-0.2, -0.15) is 4.68 Å². The van der Waals surface area contributed by atoms with Gasteiger partial charge in [-0.05, 0) is 46.0 Å². The third-order valence-electron chi connectivity index (χ3n) is 5.54. The first-order valence-electron chi connectivity index (χ1n) is 10.3. The van der Waals surface area contributed by atoms with Gasteiger partial charge < -0.3 is 9.64 Å². The molecule has 178 valence electrons. The van der Waals surface area contributed by atoms with Crippen LogP contribution in [0.4, 0.5) is 5.95 Å². The number of esters is 1. The maximum Gasteiger partial charge on any atom is 0.338 e. The summed E-state index contributed by atoms with van der Waals surface area (Å²) in [6.07, 6.45) is 0. The van der Waals surface area contributed by atoms with Gasteiger partial charge in [-0.15, -0.1) is 5.10 Å². The number of hydrogen-bond acceptors (Lipinski definition) is 9. The van der Waals surface area contributed by atoms with E-state index in [2.05, 4.69) is 52.1 Å². The summed E-state index contributed by atoms with van der Waals surface area (Å²) in [7, 11) is 0. The fourth-order valence-corrected chi connectivity index (χ4v) is 4.87. The van der Waals surface area contributed by atoms with Gasteiger partial charge in [0.05, 0.1) is 12.1 Å². The minimum Gasteiger partial charge on any atom is -0.457 e. The lowest BCUT2D eigenvalue weighted by atomic mass is 9.95. The van der Waals surface area contributed by atoms with Crippen molar-refractivity contribution >= 4 is 51.0 Å². The van der Waals surface area contributed by atoms with Crippen molar-refractivity contribution in [2.24, 2.45) is 0 Å². The van der Waals surface area contributed by atoms with Crippen molar-refractivity contribution in [3.05, 3.63) is 85.2 Å². The number of allylic oxidation sites excluding steroid dienone is 1. The normalized spacial score (nSPS) is 15.3. The summed E-state index contributed by atoms with van der Waals surface area (Å²) in [6.45, 7) is 2.01. The molecule has 0 saturated heterocycles. The van der Waals surface area contributed by atoms with Crippen LogP contribution < -0.4 is 4.90 Å². The molecule has 0 fully saturated rings. The quantitative estimate of drug-likeness (QED) is 0.340. The molecule has 11 nitrogen and oxygen atoms in total. The van der Waals surface area contributed by atoms with E-state index in [0.29, 0.717) is 33.1 Å². The second-order valence-electron chi connectivity index (χ2n) is 7.56. The molecule has 0 aliphatic carbocycles. The van der Waals surface area contributed by atoms with Crippen molar-refractivity contribution in [3.63, 3.8) is 0 Å². The molecule has 0 spiro atoms. The van der Waals surface area contributed by atoms with Crippen LogP contribution >= 0.6 is 39.1 Å². The van der Waals surface area contributed by atoms with Gasteiger partial charge in [0.1, 0.15) is 12.6 Å². The number of nitrogens with one attached hydrogen (secondary N) is 1. The summed E-state index contributed by atoms with van der Waals surface area (Å²) in [5, 5.41) is 26.8. The van der Waals surface area contributed by atoms with Crippen LogP contribution in [0, 0.1) is 0 Å². The zero-order valence-corrected chi connectivity index (χ0v) is 21.2. The van der Waals surface area contributed by atoms with Crippen LogP contribution in [-0.2, 0) is 22.7 Å². The predicted molar refractivity (Wildman–Crippen MR) is 129 cm³/mol. The van der Waals surface area contributed by atoms with E-state index in [-0.39, 0.29) is 18.7 Å². The summed E-state index contributed by atoms with van der Waals surface area (Å²) < 4.78 is 8.07. The second-order valence-corrected chi connectivity index (χ2v) is 9.23. The summed E-state index contributed by atoms with van der Waals surface area (Å²) in [5.74, 6) is 0.248. The Labute approximate surface area is 217 Å². The number of hydrogen-bond donors (Lipinski definition) is 1. The van der Waals surface area contributed by atoms with Gasteiger partial charge in [0.15, 0.2) is 5.82 Å². The highest BCUT2D eigenvalue weighted by atomic mass is 79.9. The van der Waals surface area contributed by atoms with Crippen LogP contribution in [0.3, 0.4) is 0 Å². The molecule has 35 heavy (non-hydrogen) atoms. The number of fused-ring (bicyclic) bond motifs is 1. The Morgan fingerprint density at radius 2 is 1.89 bits per heavy atom. The topological polar surface area (TPSA) is 128 Å². The second kappa shape index (κ2) is 9.72. The number of benzene rings is 2. The van der Waals surface area contributed by atoms with Gasteiger partial charge >= 0.3 is 5.97 Å². The Kier molecular flexibility index (Phi) is 6.50. The molecule has 0 radical (unpaired) electrons. The van der Waals surface area contributed by atoms with Crippen molar-refractivity contribution in [1.29, 1.82) is 0 Å². The van der Waals surface area contributed by atoms with E-state index >= 15 is 0 Å². The number of H-pyrrole nitrogens is 1. The number of rotatable bonds is 6. The van der Waals surface area contributed by atoms with E-state index in [1.807, 2.05) is 24.3 Å². The molecule has 3 heterocycles. The summed E-state index contributed by atoms with van der Waals surface area (Å²) >= 11 is 16.6. The molecule has 5 rings (SSSR count). The van der Waals surface area contributed by atoms with Crippen molar-refractivity contribution in [2.75, 3.05) is 4.90 Å². The SMILES string of the molecule is CC1=C(C(=O)OCc2ccccc2Br)C(c2c(Cl)cccc2Cl)n2nnnc2N1Cc1nnn[nH]1. The van der Waals surface area contributed by atoms with Gasteiger partial charge in [-0.25, -0.2) is 9.89 Å². The van der Waals surface area contributed by atoms with Crippen molar-refractivity contribution in [2.45, 2.75) is 26.1 Å². The fraction of sp³-hybridized carbons (Fsp3) is 0.190. The summed E-state index contributed by atoms with van der Waals surface area (Å²) in [5.41, 5.74) is 2.12. The molecule has 1 atom stereocenters. The molecule has 1 unspecified atom stereocenters. The molecular formula is C21H16BrCl2N9O2. The van der Waals surface area contributed by atoms with E-state index in [1.54, 1.807) is 30.0 Å². The number of aromatic nitrogens is 8. The van der Waals surface area contributed by atoms with Gasteiger partial charge in [-0.3, -0.25) is 0 Å². The van der Waals surface area contributed by atoms with E-state index in [9.17, 15) is 4.79 Å². The van der Waals surface area contributed by atoms with E-state index in [1.165, 1.54) is 4.68 Å². The molecule has 4 aromatic rings. The first-order chi connectivity index (χ1) is 17.0. The third-order valence-corrected chi connectivity index (χ3v) is 6.97. The Balaban J connectivity index is 1.61. The lowest BCUT2D eigenvalue weighted by Crippen LogP contribution is -2.37. The Hall–Kier alpha value is -3.35. The van der Waals surface area contributed by atoms with Crippen LogP contribution in [0.2, 0.25) is 10.0 Å². The average molecular weight is 577 g/mol. The molecule has 1 aliphatic heterocycles. The third kappa shape index (κ3) is 4.40. The lowest BCUT2D eigenvalue weighted by Gasteiger charge is -2.34. The Morgan fingerprint density at radius 3 is 2.60 bits per heavy atom. The largest absolute Gasteiger partial charge is 0.457 e. The Morgan fingerprint density at radius 1 is 1.11 bits per heavy atom. The molecule has 1 N–H and O–H groups in total. The number of anilines is 1. The molecular weight excluding hydrogens is 561 g/mol. The molecule has 0 saturated carbocycles. The Bertz CT molecular complexity index is 1400. The monoisotopic (exact) mass is 575 g/mol. The van der Waals surface area contributed by atoms with Crippen LogP contribution in [-0.4, -0.2) is 46.8 Å². The van der Waals surface area contributed by atoms with E-state index in [0.717, 1.165) is 10.0 Å². The number of ether oxygens (including phenoxy) is 1. The molecule has 2 aromatic carbocycles. The number of aromatic amines is 1. The first-order valence-corrected chi connectivity index (χ1v) is 11.8. The van der Waals surface area contributed by atoms with Crippen molar-refractivity contribution in [1.82, 2.24) is 40.8 Å². The molecule has 0 amide bonds. The van der Waals surface area contributed by atoms with Gasteiger partial charge in [0.25, 0.3) is 5.95 Å². The lowest BCUT2D eigenvalue weighted by molar-refractivity contribution is -0.140. The number of tetrazole rings is 2. The van der Waals surface area contributed by atoms with Crippen molar-refractivity contribution < 1.29 is 9.53 Å². The summed E-state index contributed by atoms with van der Waals surface area (Å²) in [4.78, 5) is 15.4. The number of nitrogens with zero attached hydrogens (tertiary/aromatic N) is 8. The minimum absolute atomic E-state index is 0.0501. The molecule has 14 heteroatoms. The zero-order valence-electron chi connectivity index (χ0n) is 18.1.